The summed E-state index contributed by atoms with van der Waals surface area (Å²) in [4.78, 5) is 4.89. The Bertz CT molecular complexity index is 182. The minimum absolute atomic E-state index is 0.640. The van der Waals surface area contributed by atoms with Crippen LogP contribution < -0.4 is 5.32 Å². The van der Waals surface area contributed by atoms with E-state index < -0.39 is 0 Å². The maximum atomic E-state index is 5.59. The second-order valence-electron chi connectivity index (χ2n) is 5.36. The molecule has 0 amide bonds. The molecule has 102 valence electrons. The molecule has 0 aromatic heterocycles. The SMILES string of the molecule is CC(C)COCCN(C)CCN1CCNCC1. The van der Waals surface area contributed by atoms with Crippen LogP contribution in [0.25, 0.3) is 0 Å². The Balaban J connectivity index is 1.94. The molecular weight excluding hydrogens is 214 g/mol. The molecule has 0 unspecified atom stereocenters. The topological polar surface area (TPSA) is 27.7 Å². The fourth-order valence-corrected chi connectivity index (χ4v) is 1.90. The van der Waals surface area contributed by atoms with E-state index in [1.807, 2.05) is 0 Å². The molecule has 1 saturated heterocycles. The molecule has 1 fully saturated rings. The minimum atomic E-state index is 0.640. The van der Waals surface area contributed by atoms with Crippen LogP contribution in [0.5, 0.6) is 0 Å². The van der Waals surface area contributed by atoms with Crippen molar-refractivity contribution in [1.82, 2.24) is 15.1 Å². The molecule has 4 heteroatoms. The van der Waals surface area contributed by atoms with Gasteiger partial charge in [0.1, 0.15) is 0 Å². The average Bonchev–Trinajstić information content (AvgIpc) is 2.33. The number of ether oxygens (including phenoxy) is 1. The summed E-state index contributed by atoms with van der Waals surface area (Å²) in [5.74, 6) is 0.640. The Morgan fingerprint density at radius 1 is 1.24 bits per heavy atom. The second kappa shape index (κ2) is 8.86. The number of hydrogen-bond acceptors (Lipinski definition) is 4. The zero-order chi connectivity index (χ0) is 12.5. The van der Waals surface area contributed by atoms with Gasteiger partial charge < -0.3 is 15.0 Å². The summed E-state index contributed by atoms with van der Waals surface area (Å²) in [6, 6.07) is 0. The number of piperazine rings is 1. The van der Waals surface area contributed by atoms with E-state index in [2.05, 4.69) is 36.0 Å². The van der Waals surface area contributed by atoms with Gasteiger partial charge in [0, 0.05) is 52.4 Å². The van der Waals surface area contributed by atoms with E-state index in [-0.39, 0.29) is 0 Å². The van der Waals surface area contributed by atoms with Gasteiger partial charge in [-0.1, -0.05) is 13.8 Å². The summed E-state index contributed by atoms with van der Waals surface area (Å²) >= 11 is 0. The van der Waals surface area contributed by atoms with E-state index in [9.17, 15) is 0 Å². The van der Waals surface area contributed by atoms with E-state index in [1.54, 1.807) is 0 Å². The standard InChI is InChI=1S/C13H29N3O/c1-13(2)12-17-11-10-15(3)8-9-16-6-4-14-5-7-16/h13-14H,4-12H2,1-3H3. The van der Waals surface area contributed by atoms with E-state index in [4.69, 9.17) is 4.74 Å². The Labute approximate surface area is 106 Å². The van der Waals surface area contributed by atoms with Gasteiger partial charge in [0.2, 0.25) is 0 Å². The summed E-state index contributed by atoms with van der Waals surface area (Å²) < 4.78 is 5.59. The molecule has 0 saturated carbocycles. The van der Waals surface area contributed by atoms with Crippen LogP contribution in [0.4, 0.5) is 0 Å². The number of likely N-dealkylation sites (N-methyl/N-ethyl adjacent to an activating group) is 1. The zero-order valence-corrected chi connectivity index (χ0v) is 11.7. The van der Waals surface area contributed by atoms with Gasteiger partial charge in [-0.2, -0.15) is 0 Å². The summed E-state index contributed by atoms with van der Waals surface area (Å²) in [6.07, 6.45) is 0. The van der Waals surface area contributed by atoms with Crippen LogP contribution >= 0.6 is 0 Å². The zero-order valence-electron chi connectivity index (χ0n) is 11.7. The van der Waals surface area contributed by atoms with Crippen LogP contribution in [0, 0.1) is 5.92 Å². The van der Waals surface area contributed by atoms with Gasteiger partial charge in [0.25, 0.3) is 0 Å². The largest absolute Gasteiger partial charge is 0.380 e. The Morgan fingerprint density at radius 3 is 2.59 bits per heavy atom. The lowest BCUT2D eigenvalue weighted by Crippen LogP contribution is -2.46. The average molecular weight is 243 g/mol. The van der Waals surface area contributed by atoms with Crippen molar-refractivity contribution in [2.24, 2.45) is 5.92 Å². The maximum absolute atomic E-state index is 5.59. The molecule has 0 spiro atoms. The first-order valence-electron chi connectivity index (χ1n) is 6.88. The maximum Gasteiger partial charge on any atom is 0.0593 e. The van der Waals surface area contributed by atoms with E-state index in [0.29, 0.717) is 5.92 Å². The van der Waals surface area contributed by atoms with Crippen LogP contribution in [-0.2, 0) is 4.74 Å². The number of hydrogen-bond donors (Lipinski definition) is 1. The monoisotopic (exact) mass is 243 g/mol. The van der Waals surface area contributed by atoms with Gasteiger partial charge in [-0.3, -0.25) is 4.90 Å². The molecule has 1 N–H and O–H groups in total. The van der Waals surface area contributed by atoms with Crippen molar-refractivity contribution in [3.05, 3.63) is 0 Å². The first-order chi connectivity index (χ1) is 8.18. The summed E-state index contributed by atoms with van der Waals surface area (Å²) in [7, 11) is 2.18. The Morgan fingerprint density at radius 2 is 1.94 bits per heavy atom. The number of nitrogens with zero attached hydrogens (tertiary/aromatic N) is 2. The van der Waals surface area contributed by atoms with E-state index in [1.165, 1.54) is 19.6 Å². The van der Waals surface area contributed by atoms with Crippen molar-refractivity contribution in [3.63, 3.8) is 0 Å². The third kappa shape index (κ3) is 7.71. The van der Waals surface area contributed by atoms with Crippen molar-refractivity contribution in [2.45, 2.75) is 13.8 Å². The molecule has 0 aromatic carbocycles. The fraction of sp³-hybridized carbons (Fsp3) is 1.00. The first kappa shape index (κ1) is 14.9. The highest BCUT2D eigenvalue weighted by molar-refractivity contribution is 4.68. The smallest absolute Gasteiger partial charge is 0.0593 e. The van der Waals surface area contributed by atoms with Crippen molar-refractivity contribution in [3.8, 4) is 0 Å². The van der Waals surface area contributed by atoms with Crippen LogP contribution in [0.3, 0.4) is 0 Å². The molecule has 0 bridgehead atoms. The highest BCUT2D eigenvalue weighted by Gasteiger charge is 2.09. The van der Waals surface area contributed by atoms with Crippen molar-refractivity contribution >= 4 is 0 Å². The summed E-state index contributed by atoms with van der Waals surface area (Å²) in [6.45, 7) is 14.1. The quantitative estimate of drug-likeness (QED) is 0.628. The molecule has 0 aromatic rings. The van der Waals surface area contributed by atoms with Crippen LogP contribution in [0.2, 0.25) is 0 Å². The lowest BCUT2D eigenvalue weighted by molar-refractivity contribution is 0.0881. The predicted octanol–water partition coefficient (Wildman–Crippen LogP) is 0.496. The molecule has 1 heterocycles. The van der Waals surface area contributed by atoms with Gasteiger partial charge in [0.05, 0.1) is 6.61 Å². The van der Waals surface area contributed by atoms with Gasteiger partial charge in [-0.05, 0) is 13.0 Å². The predicted molar refractivity (Wildman–Crippen MR) is 72.5 cm³/mol. The summed E-state index contributed by atoms with van der Waals surface area (Å²) in [5, 5.41) is 3.38. The van der Waals surface area contributed by atoms with Gasteiger partial charge in [0.15, 0.2) is 0 Å². The van der Waals surface area contributed by atoms with Crippen molar-refractivity contribution < 1.29 is 4.74 Å². The highest BCUT2D eigenvalue weighted by Crippen LogP contribution is 1.95. The molecular formula is C13H29N3O. The molecule has 17 heavy (non-hydrogen) atoms. The molecule has 1 aliphatic heterocycles. The van der Waals surface area contributed by atoms with Crippen LogP contribution in [0.15, 0.2) is 0 Å². The Kier molecular flexibility index (Phi) is 7.77. The molecule has 1 rings (SSSR count). The molecule has 4 nitrogen and oxygen atoms in total. The van der Waals surface area contributed by atoms with E-state index in [0.717, 1.165) is 39.4 Å². The lowest BCUT2D eigenvalue weighted by Gasteiger charge is -2.29. The second-order valence-corrected chi connectivity index (χ2v) is 5.36. The van der Waals surface area contributed by atoms with Crippen LogP contribution in [0.1, 0.15) is 13.8 Å². The van der Waals surface area contributed by atoms with Crippen molar-refractivity contribution in [1.29, 1.82) is 0 Å². The summed E-state index contributed by atoms with van der Waals surface area (Å²) in [5.41, 5.74) is 0. The first-order valence-corrected chi connectivity index (χ1v) is 6.88. The number of rotatable bonds is 8. The minimum Gasteiger partial charge on any atom is -0.380 e. The van der Waals surface area contributed by atoms with Gasteiger partial charge in [-0.15, -0.1) is 0 Å². The van der Waals surface area contributed by atoms with E-state index >= 15 is 0 Å². The molecule has 0 aliphatic carbocycles. The molecule has 0 atom stereocenters. The van der Waals surface area contributed by atoms with Gasteiger partial charge >= 0.3 is 0 Å². The molecule has 1 aliphatic rings. The lowest BCUT2D eigenvalue weighted by atomic mass is 10.2. The fourth-order valence-electron chi connectivity index (χ4n) is 1.90. The third-order valence-corrected chi connectivity index (χ3v) is 3.08. The van der Waals surface area contributed by atoms with Crippen molar-refractivity contribution in [2.75, 3.05) is 66.1 Å². The third-order valence-electron chi connectivity index (χ3n) is 3.08. The highest BCUT2D eigenvalue weighted by atomic mass is 16.5. The molecule has 0 radical (unpaired) electrons. The van der Waals surface area contributed by atoms with Crippen LogP contribution in [-0.4, -0.2) is 75.9 Å². The van der Waals surface area contributed by atoms with Gasteiger partial charge in [-0.25, -0.2) is 0 Å². The number of nitrogens with one attached hydrogen (secondary N) is 1. The Hall–Kier alpha value is -0.160. The normalized spacial score (nSPS) is 18.2.